The molecule has 114 valence electrons. The maximum atomic E-state index is 12.0. The fourth-order valence-corrected chi connectivity index (χ4v) is 3.22. The number of benzene rings is 1. The van der Waals surface area contributed by atoms with Gasteiger partial charge in [0.1, 0.15) is 5.75 Å². The van der Waals surface area contributed by atoms with Gasteiger partial charge in [-0.05, 0) is 30.9 Å². The number of hydrogen-bond donors (Lipinski definition) is 1. The molecule has 1 fully saturated rings. The highest BCUT2D eigenvalue weighted by Gasteiger charge is 2.21. The molecular formula is C17H24N2O2. The van der Waals surface area contributed by atoms with Crippen molar-refractivity contribution in [3.8, 4) is 5.75 Å². The zero-order valence-electron chi connectivity index (χ0n) is 12.5. The molecule has 21 heavy (non-hydrogen) atoms. The number of carbonyl (C=O) groups is 1. The molecule has 0 bridgehead atoms. The zero-order valence-corrected chi connectivity index (χ0v) is 12.5. The minimum Gasteiger partial charge on any atom is -0.493 e. The Morgan fingerprint density at radius 1 is 1.29 bits per heavy atom. The highest BCUT2D eigenvalue weighted by molar-refractivity contribution is 5.76. The van der Waals surface area contributed by atoms with Gasteiger partial charge in [0.2, 0.25) is 5.91 Å². The maximum Gasteiger partial charge on any atom is 0.223 e. The summed E-state index contributed by atoms with van der Waals surface area (Å²) < 4.78 is 5.68. The number of amides is 1. The number of hydrogen-bond acceptors (Lipinski definition) is 3. The zero-order chi connectivity index (χ0) is 14.5. The smallest absolute Gasteiger partial charge is 0.223 e. The first kappa shape index (κ1) is 14.4. The molecule has 3 rings (SSSR count). The average molecular weight is 288 g/mol. The number of likely N-dealkylation sites (tertiary alicyclic amines) is 1. The number of ether oxygens (including phenoxy) is 1. The van der Waals surface area contributed by atoms with Crippen molar-refractivity contribution in [2.24, 2.45) is 0 Å². The molecule has 1 amide bonds. The van der Waals surface area contributed by atoms with Crippen LogP contribution >= 0.6 is 0 Å². The highest BCUT2D eigenvalue weighted by atomic mass is 16.5. The van der Waals surface area contributed by atoms with E-state index in [1.165, 1.54) is 5.56 Å². The summed E-state index contributed by atoms with van der Waals surface area (Å²) in [4.78, 5) is 14.0. The molecule has 4 nitrogen and oxygen atoms in total. The van der Waals surface area contributed by atoms with Crippen molar-refractivity contribution in [3.05, 3.63) is 29.8 Å². The molecule has 0 radical (unpaired) electrons. The van der Waals surface area contributed by atoms with E-state index in [0.717, 1.165) is 57.8 Å². The summed E-state index contributed by atoms with van der Waals surface area (Å²) in [5.74, 6) is 1.81. The van der Waals surface area contributed by atoms with Crippen LogP contribution in [0.2, 0.25) is 0 Å². The lowest BCUT2D eigenvalue weighted by Crippen LogP contribution is -2.32. The Bertz CT molecular complexity index is 483. The molecule has 0 aromatic heterocycles. The summed E-state index contributed by atoms with van der Waals surface area (Å²) in [7, 11) is 0. The van der Waals surface area contributed by atoms with Gasteiger partial charge in [0.05, 0.1) is 6.61 Å². The van der Waals surface area contributed by atoms with Gasteiger partial charge in [0, 0.05) is 38.5 Å². The van der Waals surface area contributed by atoms with Gasteiger partial charge in [-0.3, -0.25) is 4.79 Å². The van der Waals surface area contributed by atoms with Gasteiger partial charge in [-0.1, -0.05) is 18.2 Å². The minimum absolute atomic E-state index is 0.298. The Morgan fingerprint density at radius 2 is 2.10 bits per heavy atom. The molecule has 1 aromatic rings. The van der Waals surface area contributed by atoms with Crippen LogP contribution < -0.4 is 10.1 Å². The number of nitrogens with one attached hydrogen (secondary N) is 1. The molecule has 0 saturated carbocycles. The summed E-state index contributed by atoms with van der Waals surface area (Å²) in [6.45, 7) is 4.39. The first-order valence-electron chi connectivity index (χ1n) is 8.05. The Morgan fingerprint density at radius 3 is 2.95 bits per heavy atom. The van der Waals surface area contributed by atoms with E-state index in [1.807, 2.05) is 17.0 Å². The summed E-state index contributed by atoms with van der Waals surface area (Å²) in [6.07, 6.45) is 3.99. The third-order valence-electron chi connectivity index (χ3n) is 4.45. The molecule has 0 aliphatic carbocycles. The van der Waals surface area contributed by atoms with Crippen LogP contribution in [-0.4, -0.2) is 43.6 Å². The molecule has 1 aromatic carbocycles. The predicted octanol–water partition coefficient (Wildman–Crippen LogP) is 2.15. The lowest BCUT2D eigenvalue weighted by molar-refractivity contribution is -0.130. The predicted molar refractivity (Wildman–Crippen MR) is 82.6 cm³/mol. The third kappa shape index (κ3) is 3.56. The van der Waals surface area contributed by atoms with Crippen molar-refractivity contribution in [1.82, 2.24) is 10.2 Å². The van der Waals surface area contributed by atoms with Crippen LogP contribution in [0.15, 0.2) is 24.3 Å². The molecule has 1 atom stereocenters. The highest BCUT2D eigenvalue weighted by Crippen LogP contribution is 2.32. The molecule has 0 spiro atoms. The fraction of sp³-hybridized carbons (Fsp3) is 0.588. The van der Waals surface area contributed by atoms with Crippen molar-refractivity contribution in [2.45, 2.75) is 31.6 Å². The van der Waals surface area contributed by atoms with E-state index in [2.05, 4.69) is 17.4 Å². The Hall–Kier alpha value is -1.55. The van der Waals surface area contributed by atoms with Crippen molar-refractivity contribution < 1.29 is 9.53 Å². The van der Waals surface area contributed by atoms with Crippen LogP contribution in [0.25, 0.3) is 0 Å². The fourth-order valence-electron chi connectivity index (χ4n) is 3.22. The van der Waals surface area contributed by atoms with Gasteiger partial charge in [-0.25, -0.2) is 0 Å². The summed E-state index contributed by atoms with van der Waals surface area (Å²) in [5.41, 5.74) is 1.29. The Kier molecular flexibility index (Phi) is 4.76. The first-order chi connectivity index (χ1) is 10.3. The van der Waals surface area contributed by atoms with Crippen molar-refractivity contribution in [3.63, 3.8) is 0 Å². The van der Waals surface area contributed by atoms with Crippen LogP contribution in [0.1, 0.15) is 37.2 Å². The average Bonchev–Trinajstić information content (AvgIpc) is 3.06. The molecule has 2 aliphatic rings. The SMILES string of the molecule is O=C(CCNCC1CCOc2ccccc21)N1CCCC1. The van der Waals surface area contributed by atoms with E-state index in [9.17, 15) is 4.79 Å². The molecule has 2 aliphatic heterocycles. The maximum absolute atomic E-state index is 12.0. The van der Waals surface area contributed by atoms with Crippen LogP contribution in [0.5, 0.6) is 5.75 Å². The summed E-state index contributed by atoms with van der Waals surface area (Å²) in [5, 5.41) is 3.45. The monoisotopic (exact) mass is 288 g/mol. The second kappa shape index (κ2) is 6.94. The van der Waals surface area contributed by atoms with Gasteiger partial charge in [-0.2, -0.15) is 0 Å². The molecule has 2 heterocycles. The second-order valence-corrected chi connectivity index (χ2v) is 5.91. The first-order valence-corrected chi connectivity index (χ1v) is 8.05. The van der Waals surface area contributed by atoms with E-state index in [1.54, 1.807) is 0 Å². The molecule has 1 saturated heterocycles. The topological polar surface area (TPSA) is 41.6 Å². The van der Waals surface area contributed by atoms with Crippen LogP contribution in [0.4, 0.5) is 0 Å². The lowest BCUT2D eigenvalue weighted by atomic mass is 9.93. The molecular weight excluding hydrogens is 264 g/mol. The minimum atomic E-state index is 0.298. The van der Waals surface area contributed by atoms with E-state index in [-0.39, 0.29) is 0 Å². The number of rotatable bonds is 5. The van der Waals surface area contributed by atoms with Gasteiger partial charge in [0.25, 0.3) is 0 Å². The quantitative estimate of drug-likeness (QED) is 0.844. The normalized spacial score (nSPS) is 21.0. The van der Waals surface area contributed by atoms with E-state index in [0.29, 0.717) is 18.2 Å². The number of nitrogens with zero attached hydrogens (tertiary/aromatic N) is 1. The van der Waals surface area contributed by atoms with Crippen molar-refractivity contribution in [1.29, 1.82) is 0 Å². The summed E-state index contributed by atoms with van der Waals surface area (Å²) >= 11 is 0. The number of para-hydroxylation sites is 1. The largest absolute Gasteiger partial charge is 0.493 e. The van der Waals surface area contributed by atoms with Crippen LogP contribution in [0.3, 0.4) is 0 Å². The number of fused-ring (bicyclic) bond motifs is 1. The van der Waals surface area contributed by atoms with Crippen molar-refractivity contribution in [2.75, 3.05) is 32.8 Å². The van der Waals surface area contributed by atoms with Crippen molar-refractivity contribution >= 4 is 5.91 Å². The third-order valence-corrected chi connectivity index (χ3v) is 4.45. The van der Waals surface area contributed by atoms with Crippen LogP contribution in [0, 0.1) is 0 Å². The second-order valence-electron chi connectivity index (χ2n) is 5.91. The molecule has 4 heteroatoms. The number of carbonyl (C=O) groups excluding carboxylic acids is 1. The molecule has 1 unspecified atom stereocenters. The van der Waals surface area contributed by atoms with E-state index in [4.69, 9.17) is 4.74 Å². The Balaban J connectivity index is 1.43. The van der Waals surface area contributed by atoms with Crippen LogP contribution in [-0.2, 0) is 4.79 Å². The van der Waals surface area contributed by atoms with Gasteiger partial charge < -0.3 is 15.0 Å². The Labute approximate surface area is 126 Å². The summed E-state index contributed by atoms with van der Waals surface area (Å²) in [6, 6.07) is 8.27. The molecule has 1 N–H and O–H groups in total. The lowest BCUT2D eigenvalue weighted by Gasteiger charge is -2.26. The van der Waals surface area contributed by atoms with E-state index >= 15 is 0 Å². The van der Waals surface area contributed by atoms with Gasteiger partial charge in [-0.15, -0.1) is 0 Å². The standard InChI is InChI=1S/C17H24N2O2/c20-17(19-10-3-4-11-19)7-9-18-13-14-8-12-21-16-6-2-1-5-15(14)16/h1-2,5-6,14,18H,3-4,7-13H2. The van der Waals surface area contributed by atoms with E-state index < -0.39 is 0 Å². The van der Waals surface area contributed by atoms with Gasteiger partial charge in [0.15, 0.2) is 0 Å². The van der Waals surface area contributed by atoms with Gasteiger partial charge >= 0.3 is 0 Å².